The molecule has 1 saturated carbocycles. The molecule has 1 heterocycles. The van der Waals surface area contributed by atoms with E-state index in [0.29, 0.717) is 11.5 Å². The highest BCUT2D eigenvalue weighted by Gasteiger charge is 2.31. The van der Waals surface area contributed by atoms with E-state index in [4.69, 9.17) is 0 Å². The van der Waals surface area contributed by atoms with Gasteiger partial charge in [0, 0.05) is 6.04 Å². The van der Waals surface area contributed by atoms with Crippen molar-refractivity contribution in [3.05, 3.63) is 16.1 Å². The van der Waals surface area contributed by atoms with Crippen LogP contribution in [0.1, 0.15) is 47.8 Å². The van der Waals surface area contributed by atoms with E-state index in [2.05, 4.69) is 24.1 Å². The van der Waals surface area contributed by atoms with Crippen LogP contribution in [0.5, 0.6) is 0 Å². The lowest BCUT2D eigenvalue weighted by molar-refractivity contribution is 0.0940. The van der Waals surface area contributed by atoms with Crippen LogP contribution in [-0.4, -0.2) is 16.9 Å². The monoisotopic (exact) mass is 238 g/mol. The maximum Gasteiger partial charge on any atom is 0.263 e. The van der Waals surface area contributed by atoms with Gasteiger partial charge in [0.05, 0.1) is 11.2 Å². The molecule has 1 amide bonds. The number of nitrogens with zero attached hydrogens (tertiary/aromatic N) is 1. The lowest BCUT2D eigenvalue weighted by Crippen LogP contribution is -2.33. The number of hydrogen-bond donors (Lipinski definition) is 1. The van der Waals surface area contributed by atoms with Crippen molar-refractivity contribution in [3.63, 3.8) is 0 Å². The number of aromatic nitrogens is 1. The number of thiazole rings is 1. The van der Waals surface area contributed by atoms with Crippen LogP contribution in [0.25, 0.3) is 0 Å². The Morgan fingerprint density at radius 2 is 2.38 bits per heavy atom. The summed E-state index contributed by atoms with van der Waals surface area (Å²) in [5.41, 5.74) is 0.377. The summed E-state index contributed by atoms with van der Waals surface area (Å²) >= 11 is 1.46. The van der Waals surface area contributed by atoms with Gasteiger partial charge in [-0.05, 0) is 31.6 Å². The second-order valence-corrected chi connectivity index (χ2v) is 6.56. The molecule has 1 unspecified atom stereocenters. The number of rotatable bonds is 2. The van der Waals surface area contributed by atoms with Crippen molar-refractivity contribution in [1.82, 2.24) is 10.3 Å². The van der Waals surface area contributed by atoms with E-state index in [1.807, 2.05) is 6.92 Å². The van der Waals surface area contributed by atoms with Gasteiger partial charge in [0.1, 0.15) is 4.88 Å². The lowest BCUT2D eigenvalue weighted by Gasteiger charge is -2.17. The molecule has 1 aliphatic rings. The first kappa shape index (κ1) is 11.6. The van der Waals surface area contributed by atoms with Crippen LogP contribution in [0.3, 0.4) is 0 Å². The standard InChI is InChI=1S/C12H18N2OS/c1-8-13-7-10(16-8)11(15)14-9-4-5-12(2,3)6-9/h7,9H,4-6H2,1-3H3,(H,14,15). The molecule has 0 bridgehead atoms. The van der Waals surface area contributed by atoms with Crippen molar-refractivity contribution in [2.24, 2.45) is 5.41 Å². The molecule has 1 atom stereocenters. The maximum absolute atomic E-state index is 11.9. The molecule has 0 aromatic carbocycles. The molecule has 2 rings (SSSR count). The Bertz CT molecular complexity index is 397. The van der Waals surface area contributed by atoms with Gasteiger partial charge in [-0.2, -0.15) is 0 Å². The summed E-state index contributed by atoms with van der Waals surface area (Å²) < 4.78 is 0. The van der Waals surface area contributed by atoms with Gasteiger partial charge in [-0.3, -0.25) is 4.79 Å². The number of nitrogens with one attached hydrogen (secondary N) is 1. The summed E-state index contributed by atoms with van der Waals surface area (Å²) in [6.45, 7) is 6.44. The molecule has 1 N–H and O–H groups in total. The molecule has 3 nitrogen and oxygen atoms in total. The van der Waals surface area contributed by atoms with Crippen molar-refractivity contribution in [3.8, 4) is 0 Å². The SMILES string of the molecule is Cc1ncc(C(=O)NC2CCC(C)(C)C2)s1. The fraction of sp³-hybridized carbons (Fsp3) is 0.667. The van der Waals surface area contributed by atoms with Crippen molar-refractivity contribution in [2.75, 3.05) is 0 Å². The third-order valence-electron chi connectivity index (χ3n) is 3.15. The first-order chi connectivity index (χ1) is 7.46. The van der Waals surface area contributed by atoms with Crippen molar-refractivity contribution in [2.45, 2.75) is 46.1 Å². The minimum Gasteiger partial charge on any atom is -0.349 e. The maximum atomic E-state index is 11.9. The highest BCUT2D eigenvalue weighted by molar-refractivity contribution is 7.13. The number of hydrogen-bond acceptors (Lipinski definition) is 3. The van der Waals surface area contributed by atoms with Gasteiger partial charge < -0.3 is 5.32 Å². The van der Waals surface area contributed by atoms with E-state index in [1.165, 1.54) is 17.8 Å². The van der Waals surface area contributed by atoms with Crippen LogP contribution in [0, 0.1) is 12.3 Å². The summed E-state index contributed by atoms with van der Waals surface area (Å²) in [4.78, 5) is 16.7. The first-order valence-electron chi connectivity index (χ1n) is 5.70. The second-order valence-electron chi connectivity index (χ2n) is 5.32. The van der Waals surface area contributed by atoms with Gasteiger partial charge in [0.15, 0.2) is 0 Å². The Labute approximate surface area is 100 Å². The van der Waals surface area contributed by atoms with Gasteiger partial charge in [0.25, 0.3) is 5.91 Å². The predicted molar refractivity (Wildman–Crippen MR) is 65.7 cm³/mol. The molecule has 0 spiro atoms. The minimum atomic E-state index is 0.0355. The third-order valence-corrected chi connectivity index (χ3v) is 4.06. The normalized spacial score (nSPS) is 23.3. The lowest BCUT2D eigenvalue weighted by atomic mass is 9.92. The van der Waals surface area contributed by atoms with Gasteiger partial charge in [0.2, 0.25) is 0 Å². The summed E-state index contributed by atoms with van der Waals surface area (Å²) in [5.74, 6) is 0.0355. The number of carbonyl (C=O) groups excluding carboxylic acids is 1. The van der Waals surface area contributed by atoms with Gasteiger partial charge in [-0.25, -0.2) is 4.98 Å². The Balaban J connectivity index is 1.94. The molecule has 0 aliphatic heterocycles. The molecule has 1 fully saturated rings. The van der Waals surface area contributed by atoms with Crippen LogP contribution in [0.4, 0.5) is 0 Å². The topological polar surface area (TPSA) is 42.0 Å². The van der Waals surface area contributed by atoms with Crippen molar-refractivity contribution in [1.29, 1.82) is 0 Å². The largest absolute Gasteiger partial charge is 0.349 e. The van der Waals surface area contributed by atoms with Gasteiger partial charge in [-0.1, -0.05) is 13.8 Å². The summed E-state index contributed by atoms with van der Waals surface area (Å²) in [5, 5.41) is 4.04. The molecular formula is C12H18N2OS. The molecule has 0 radical (unpaired) electrons. The number of aryl methyl sites for hydroxylation is 1. The Morgan fingerprint density at radius 3 is 2.88 bits per heavy atom. The van der Waals surface area contributed by atoms with E-state index in [0.717, 1.165) is 22.7 Å². The van der Waals surface area contributed by atoms with Crippen LogP contribution < -0.4 is 5.32 Å². The predicted octanol–water partition coefficient (Wildman–Crippen LogP) is 2.76. The molecule has 16 heavy (non-hydrogen) atoms. The van der Waals surface area contributed by atoms with Crippen molar-refractivity contribution < 1.29 is 4.79 Å². The zero-order chi connectivity index (χ0) is 11.8. The molecule has 1 aromatic heterocycles. The molecule has 1 aromatic rings. The molecule has 1 aliphatic carbocycles. The van der Waals surface area contributed by atoms with Gasteiger partial charge in [-0.15, -0.1) is 11.3 Å². The van der Waals surface area contributed by atoms with Crippen LogP contribution >= 0.6 is 11.3 Å². The highest BCUT2D eigenvalue weighted by Crippen LogP contribution is 2.37. The average Bonchev–Trinajstić information content (AvgIpc) is 2.73. The fourth-order valence-electron chi connectivity index (χ4n) is 2.28. The summed E-state index contributed by atoms with van der Waals surface area (Å²) in [7, 11) is 0. The van der Waals surface area contributed by atoms with Gasteiger partial charge >= 0.3 is 0 Å². The van der Waals surface area contributed by atoms with E-state index in [1.54, 1.807) is 6.20 Å². The first-order valence-corrected chi connectivity index (χ1v) is 6.51. The molecular weight excluding hydrogens is 220 g/mol. The fourth-order valence-corrected chi connectivity index (χ4v) is 2.96. The van der Waals surface area contributed by atoms with Crippen LogP contribution in [0.2, 0.25) is 0 Å². The van der Waals surface area contributed by atoms with Crippen LogP contribution in [-0.2, 0) is 0 Å². The number of amides is 1. The van der Waals surface area contributed by atoms with E-state index < -0.39 is 0 Å². The zero-order valence-electron chi connectivity index (χ0n) is 10.0. The minimum absolute atomic E-state index is 0.0355. The number of carbonyl (C=O) groups is 1. The summed E-state index contributed by atoms with van der Waals surface area (Å²) in [6.07, 6.45) is 5.03. The van der Waals surface area contributed by atoms with E-state index in [-0.39, 0.29) is 5.91 Å². The zero-order valence-corrected chi connectivity index (χ0v) is 10.9. The molecule has 0 saturated heterocycles. The van der Waals surface area contributed by atoms with Crippen molar-refractivity contribution >= 4 is 17.2 Å². The third kappa shape index (κ3) is 2.61. The highest BCUT2D eigenvalue weighted by atomic mass is 32.1. The van der Waals surface area contributed by atoms with E-state index in [9.17, 15) is 4.79 Å². The summed E-state index contributed by atoms with van der Waals surface area (Å²) in [6, 6.07) is 0.338. The molecule has 4 heteroatoms. The second kappa shape index (κ2) is 4.17. The average molecular weight is 238 g/mol. The Hall–Kier alpha value is -0.900. The smallest absolute Gasteiger partial charge is 0.263 e. The Morgan fingerprint density at radius 1 is 1.62 bits per heavy atom. The quantitative estimate of drug-likeness (QED) is 0.860. The molecule has 88 valence electrons. The van der Waals surface area contributed by atoms with Crippen LogP contribution in [0.15, 0.2) is 6.20 Å². The van der Waals surface area contributed by atoms with E-state index >= 15 is 0 Å². The Kier molecular flexibility index (Phi) is 3.02.